The van der Waals surface area contributed by atoms with Crippen molar-refractivity contribution < 1.29 is 9.52 Å². The van der Waals surface area contributed by atoms with Crippen molar-refractivity contribution in [3.05, 3.63) is 21.0 Å². The minimum atomic E-state index is 0.117. The molecule has 56 valence electrons. The first-order chi connectivity index (χ1) is 4.74. The quantitative estimate of drug-likeness (QED) is 0.894. The summed E-state index contributed by atoms with van der Waals surface area (Å²) in [5.41, 5.74) is 0. The van der Waals surface area contributed by atoms with E-state index in [9.17, 15) is 0 Å². The first kappa shape index (κ1) is 8.30. The van der Waals surface area contributed by atoms with Gasteiger partial charge < -0.3 is 9.52 Å². The standard InChI is InChI=1S/C6H6Br2O2/c7-5-3-4(1-2-9)10-6(5)8/h3,9H,1-2H2. The topological polar surface area (TPSA) is 33.4 Å². The maximum atomic E-state index is 8.53. The highest BCUT2D eigenvalue weighted by Gasteiger charge is 2.03. The fourth-order valence-corrected chi connectivity index (χ4v) is 1.28. The van der Waals surface area contributed by atoms with Crippen molar-refractivity contribution in [3.8, 4) is 0 Å². The summed E-state index contributed by atoms with van der Waals surface area (Å²) >= 11 is 6.45. The molecule has 0 aliphatic heterocycles. The van der Waals surface area contributed by atoms with Crippen LogP contribution in [0.3, 0.4) is 0 Å². The van der Waals surface area contributed by atoms with Crippen LogP contribution in [0.2, 0.25) is 0 Å². The number of halogens is 2. The SMILES string of the molecule is OCCc1cc(Br)c(Br)o1. The maximum Gasteiger partial charge on any atom is 0.183 e. The normalized spacial score (nSPS) is 10.3. The Balaban J connectivity index is 2.77. The van der Waals surface area contributed by atoms with Gasteiger partial charge in [-0.15, -0.1) is 0 Å². The molecule has 0 radical (unpaired) electrons. The van der Waals surface area contributed by atoms with E-state index in [1.807, 2.05) is 6.07 Å². The highest BCUT2D eigenvalue weighted by molar-refractivity contribution is 9.13. The van der Waals surface area contributed by atoms with Crippen LogP contribution < -0.4 is 0 Å². The fraction of sp³-hybridized carbons (Fsp3) is 0.333. The summed E-state index contributed by atoms with van der Waals surface area (Å²) in [5, 5.41) is 8.53. The average Bonchev–Trinajstić information content (AvgIpc) is 2.14. The van der Waals surface area contributed by atoms with E-state index in [-0.39, 0.29) is 6.61 Å². The number of aliphatic hydroxyl groups is 1. The molecule has 0 saturated heterocycles. The van der Waals surface area contributed by atoms with Gasteiger partial charge in [-0.1, -0.05) is 0 Å². The van der Waals surface area contributed by atoms with E-state index in [0.717, 1.165) is 10.2 Å². The summed E-state index contributed by atoms with van der Waals surface area (Å²) in [6, 6.07) is 1.83. The van der Waals surface area contributed by atoms with Gasteiger partial charge in [0.2, 0.25) is 0 Å². The molecule has 0 bridgehead atoms. The molecule has 0 aliphatic carbocycles. The molecular weight excluding hydrogens is 264 g/mol. The second-order valence-electron chi connectivity index (χ2n) is 1.81. The third kappa shape index (κ3) is 1.84. The van der Waals surface area contributed by atoms with Gasteiger partial charge in [0.25, 0.3) is 0 Å². The van der Waals surface area contributed by atoms with E-state index < -0.39 is 0 Å². The molecule has 0 spiro atoms. The number of aliphatic hydroxyl groups excluding tert-OH is 1. The Morgan fingerprint density at radius 2 is 2.20 bits per heavy atom. The van der Waals surface area contributed by atoms with E-state index in [4.69, 9.17) is 9.52 Å². The molecule has 0 unspecified atom stereocenters. The molecule has 0 aliphatic rings. The van der Waals surface area contributed by atoms with Crippen LogP contribution in [0, 0.1) is 0 Å². The molecule has 1 N–H and O–H groups in total. The van der Waals surface area contributed by atoms with Crippen molar-refractivity contribution in [2.75, 3.05) is 6.61 Å². The Morgan fingerprint density at radius 3 is 2.60 bits per heavy atom. The molecule has 0 atom stereocenters. The molecule has 10 heavy (non-hydrogen) atoms. The van der Waals surface area contributed by atoms with Crippen molar-refractivity contribution in [3.63, 3.8) is 0 Å². The lowest BCUT2D eigenvalue weighted by Gasteiger charge is -1.86. The van der Waals surface area contributed by atoms with Gasteiger partial charge in [-0.25, -0.2) is 0 Å². The lowest BCUT2D eigenvalue weighted by molar-refractivity contribution is 0.287. The molecule has 1 rings (SSSR count). The van der Waals surface area contributed by atoms with Crippen molar-refractivity contribution in [2.24, 2.45) is 0 Å². The van der Waals surface area contributed by atoms with Crippen LogP contribution in [0.25, 0.3) is 0 Å². The van der Waals surface area contributed by atoms with Crippen LogP contribution in [0.1, 0.15) is 5.76 Å². The molecular formula is C6H6Br2O2. The van der Waals surface area contributed by atoms with E-state index in [1.54, 1.807) is 0 Å². The average molecular weight is 270 g/mol. The first-order valence-electron chi connectivity index (χ1n) is 2.78. The molecule has 1 aromatic rings. The molecule has 0 saturated carbocycles. The summed E-state index contributed by atoms with van der Waals surface area (Å²) in [7, 11) is 0. The Morgan fingerprint density at radius 1 is 1.50 bits per heavy atom. The van der Waals surface area contributed by atoms with E-state index in [0.29, 0.717) is 11.1 Å². The van der Waals surface area contributed by atoms with Gasteiger partial charge in [0.05, 0.1) is 11.1 Å². The third-order valence-corrected chi connectivity index (χ3v) is 2.76. The zero-order valence-electron chi connectivity index (χ0n) is 5.10. The summed E-state index contributed by atoms with van der Waals surface area (Å²) in [5.74, 6) is 0.779. The van der Waals surface area contributed by atoms with Crippen LogP contribution in [0.5, 0.6) is 0 Å². The fourth-order valence-electron chi connectivity index (χ4n) is 0.625. The lowest BCUT2D eigenvalue weighted by Crippen LogP contribution is -1.85. The number of hydrogen-bond donors (Lipinski definition) is 1. The largest absolute Gasteiger partial charge is 0.453 e. The predicted molar refractivity (Wildman–Crippen MR) is 44.9 cm³/mol. The van der Waals surface area contributed by atoms with Gasteiger partial charge in [0, 0.05) is 6.42 Å². The van der Waals surface area contributed by atoms with Crippen molar-refractivity contribution in [1.82, 2.24) is 0 Å². The molecule has 4 heteroatoms. The van der Waals surface area contributed by atoms with E-state index in [2.05, 4.69) is 31.9 Å². The molecule has 1 aromatic heterocycles. The van der Waals surface area contributed by atoms with Crippen LogP contribution in [0.15, 0.2) is 19.6 Å². The third-order valence-electron chi connectivity index (χ3n) is 1.05. The van der Waals surface area contributed by atoms with Crippen LogP contribution in [-0.4, -0.2) is 11.7 Å². The van der Waals surface area contributed by atoms with Gasteiger partial charge >= 0.3 is 0 Å². The maximum absolute atomic E-state index is 8.53. The summed E-state index contributed by atoms with van der Waals surface area (Å²) < 4.78 is 6.73. The highest BCUT2D eigenvalue weighted by atomic mass is 79.9. The summed E-state index contributed by atoms with van der Waals surface area (Å²) in [6.45, 7) is 0.117. The van der Waals surface area contributed by atoms with Gasteiger partial charge in [0.15, 0.2) is 4.67 Å². The predicted octanol–water partition coefficient (Wildman–Crippen LogP) is 2.34. The summed E-state index contributed by atoms with van der Waals surface area (Å²) in [6.07, 6.45) is 0.560. The second kappa shape index (κ2) is 3.55. The molecule has 0 amide bonds. The Kier molecular flexibility index (Phi) is 2.95. The Labute approximate surface area is 75.5 Å². The number of rotatable bonds is 2. The molecule has 0 aromatic carbocycles. The number of hydrogen-bond acceptors (Lipinski definition) is 2. The summed E-state index contributed by atoms with van der Waals surface area (Å²) in [4.78, 5) is 0. The van der Waals surface area contributed by atoms with Gasteiger partial charge in [-0.05, 0) is 37.9 Å². The Hall–Kier alpha value is 0.200. The van der Waals surface area contributed by atoms with Crippen molar-refractivity contribution in [2.45, 2.75) is 6.42 Å². The molecule has 2 nitrogen and oxygen atoms in total. The zero-order valence-corrected chi connectivity index (χ0v) is 8.27. The van der Waals surface area contributed by atoms with Gasteiger partial charge in [0.1, 0.15) is 5.76 Å². The molecule has 1 heterocycles. The van der Waals surface area contributed by atoms with Crippen LogP contribution >= 0.6 is 31.9 Å². The van der Waals surface area contributed by atoms with Gasteiger partial charge in [-0.3, -0.25) is 0 Å². The van der Waals surface area contributed by atoms with Crippen molar-refractivity contribution >= 4 is 31.9 Å². The van der Waals surface area contributed by atoms with E-state index >= 15 is 0 Å². The van der Waals surface area contributed by atoms with Crippen LogP contribution in [0.4, 0.5) is 0 Å². The lowest BCUT2D eigenvalue weighted by atomic mass is 10.3. The zero-order chi connectivity index (χ0) is 7.56. The van der Waals surface area contributed by atoms with Crippen LogP contribution in [-0.2, 0) is 6.42 Å². The monoisotopic (exact) mass is 268 g/mol. The minimum absolute atomic E-state index is 0.117. The Bertz CT molecular complexity index is 200. The molecule has 0 fully saturated rings. The van der Waals surface area contributed by atoms with Crippen molar-refractivity contribution in [1.29, 1.82) is 0 Å². The number of furan rings is 1. The van der Waals surface area contributed by atoms with E-state index in [1.165, 1.54) is 0 Å². The first-order valence-corrected chi connectivity index (χ1v) is 4.37. The highest BCUT2D eigenvalue weighted by Crippen LogP contribution is 2.26. The smallest absolute Gasteiger partial charge is 0.183 e. The minimum Gasteiger partial charge on any atom is -0.453 e. The van der Waals surface area contributed by atoms with Gasteiger partial charge in [-0.2, -0.15) is 0 Å². The second-order valence-corrected chi connectivity index (χ2v) is 3.38.